The average Bonchev–Trinajstić information content (AvgIpc) is 2.30. The van der Waals surface area contributed by atoms with E-state index in [0.29, 0.717) is 13.0 Å². The molecule has 5 nitrogen and oxygen atoms in total. The van der Waals surface area contributed by atoms with Crippen molar-refractivity contribution in [2.24, 2.45) is 0 Å². The minimum absolute atomic E-state index is 0.261. The van der Waals surface area contributed by atoms with E-state index in [1.54, 1.807) is 0 Å². The van der Waals surface area contributed by atoms with E-state index in [1.807, 2.05) is 6.07 Å². The van der Waals surface area contributed by atoms with Crippen molar-refractivity contribution in [1.29, 1.82) is 5.26 Å². The van der Waals surface area contributed by atoms with Crippen molar-refractivity contribution in [3.63, 3.8) is 0 Å². The van der Waals surface area contributed by atoms with Crippen molar-refractivity contribution < 1.29 is 18.6 Å². The molecule has 0 aliphatic rings. The highest BCUT2D eigenvalue weighted by molar-refractivity contribution is 7.17. The summed E-state index contributed by atoms with van der Waals surface area (Å²) in [5, 5.41) is 8.70. The van der Waals surface area contributed by atoms with Crippen LogP contribution in [0.5, 0.6) is 0 Å². The lowest BCUT2D eigenvalue weighted by molar-refractivity contribution is -0.144. The van der Waals surface area contributed by atoms with Crippen LogP contribution in [0.25, 0.3) is 0 Å². The van der Waals surface area contributed by atoms with E-state index < -0.39 is 12.1 Å². The Balaban J connectivity index is 3.34. The van der Waals surface area contributed by atoms with Crippen LogP contribution in [-0.4, -0.2) is 18.7 Å². The number of rotatable bonds is 10. The quantitative estimate of drug-likeness (QED) is 0.342. The molecule has 1 unspecified atom stereocenters. The standard InChI is InChI=1S/C11H18NO4P/c1-10(13)16-11(9-12)7-5-3-2-4-6-8-15-17-14/h11H,2-8H2,1H3. The van der Waals surface area contributed by atoms with Crippen LogP contribution in [0.1, 0.15) is 45.4 Å². The maximum absolute atomic E-state index is 10.6. The van der Waals surface area contributed by atoms with Crippen LogP contribution < -0.4 is 0 Å². The zero-order valence-corrected chi connectivity index (χ0v) is 10.9. The van der Waals surface area contributed by atoms with Gasteiger partial charge in [-0.2, -0.15) is 5.26 Å². The largest absolute Gasteiger partial charge is 0.447 e. The molecule has 17 heavy (non-hydrogen) atoms. The molecule has 0 heterocycles. The van der Waals surface area contributed by atoms with Crippen molar-refractivity contribution in [3.8, 4) is 6.07 Å². The first-order valence-corrected chi connectivity index (χ1v) is 6.45. The first-order valence-electron chi connectivity index (χ1n) is 5.72. The molecule has 0 spiro atoms. The van der Waals surface area contributed by atoms with Crippen molar-refractivity contribution in [3.05, 3.63) is 0 Å². The summed E-state index contributed by atoms with van der Waals surface area (Å²) < 4.78 is 19.4. The molecule has 0 saturated heterocycles. The van der Waals surface area contributed by atoms with E-state index in [2.05, 4.69) is 4.52 Å². The summed E-state index contributed by atoms with van der Waals surface area (Å²) in [4.78, 5) is 10.6. The number of esters is 1. The molecular formula is C11H18NO4P. The molecule has 0 aliphatic carbocycles. The molecule has 96 valence electrons. The van der Waals surface area contributed by atoms with Crippen LogP contribution in [0.4, 0.5) is 0 Å². The summed E-state index contributed by atoms with van der Waals surface area (Å²) in [6.45, 7) is 1.82. The molecule has 0 fully saturated rings. The fourth-order valence-corrected chi connectivity index (χ4v) is 1.62. The third-order valence-corrected chi connectivity index (χ3v) is 2.49. The van der Waals surface area contributed by atoms with E-state index >= 15 is 0 Å². The summed E-state index contributed by atoms with van der Waals surface area (Å²) in [5.74, 6) is -0.412. The second-order valence-corrected chi connectivity index (χ2v) is 4.10. The Hall–Kier alpha value is -0.980. The maximum Gasteiger partial charge on any atom is 0.327 e. The third-order valence-electron chi connectivity index (χ3n) is 2.21. The van der Waals surface area contributed by atoms with Crippen molar-refractivity contribution in [2.45, 2.75) is 51.6 Å². The summed E-state index contributed by atoms with van der Waals surface area (Å²) in [6.07, 6.45) is 4.78. The lowest BCUT2D eigenvalue weighted by Gasteiger charge is -2.08. The van der Waals surface area contributed by atoms with Gasteiger partial charge < -0.3 is 4.74 Å². The third kappa shape index (κ3) is 11.3. The lowest BCUT2D eigenvalue weighted by atomic mass is 10.1. The van der Waals surface area contributed by atoms with Gasteiger partial charge in [-0.25, -0.2) is 4.57 Å². The van der Waals surface area contributed by atoms with Crippen LogP contribution >= 0.6 is 8.69 Å². The number of nitrogens with zero attached hydrogens (tertiary/aromatic N) is 1. The van der Waals surface area contributed by atoms with Gasteiger partial charge in [-0.05, 0) is 19.3 Å². The highest BCUT2D eigenvalue weighted by Crippen LogP contribution is 2.10. The van der Waals surface area contributed by atoms with Gasteiger partial charge in [-0.3, -0.25) is 9.32 Å². The fraction of sp³-hybridized carbons (Fsp3) is 0.818. The Labute approximate surface area is 103 Å². The SMILES string of the molecule is CC(=O)OC(C#N)CCCCCCCOP=O. The molecule has 0 N–H and O–H groups in total. The van der Waals surface area contributed by atoms with E-state index in [0.717, 1.165) is 32.1 Å². The van der Waals surface area contributed by atoms with Crippen LogP contribution in [0.2, 0.25) is 0 Å². The predicted octanol–water partition coefficient (Wildman–Crippen LogP) is 3.01. The van der Waals surface area contributed by atoms with Gasteiger partial charge >= 0.3 is 14.7 Å². The molecule has 1 atom stereocenters. The van der Waals surface area contributed by atoms with Crippen LogP contribution in [0.3, 0.4) is 0 Å². The number of hydrogen-bond acceptors (Lipinski definition) is 5. The molecule has 0 aromatic carbocycles. The van der Waals surface area contributed by atoms with Crippen molar-refractivity contribution >= 4 is 14.7 Å². The molecular weight excluding hydrogens is 241 g/mol. The van der Waals surface area contributed by atoms with Gasteiger partial charge in [0.25, 0.3) is 0 Å². The Morgan fingerprint density at radius 2 is 1.94 bits per heavy atom. The van der Waals surface area contributed by atoms with Crippen molar-refractivity contribution in [1.82, 2.24) is 0 Å². The second-order valence-electron chi connectivity index (χ2n) is 3.69. The Bertz CT molecular complexity index is 265. The van der Waals surface area contributed by atoms with E-state index in [-0.39, 0.29) is 8.69 Å². The average molecular weight is 259 g/mol. The van der Waals surface area contributed by atoms with Gasteiger partial charge in [0, 0.05) is 6.92 Å². The summed E-state index contributed by atoms with van der Waals surface area (Å²) >= 11 is 0. The van der Waals surface area contributed by atoms with Gasteiger partial charge in [0.2, 0.25) is 0 Å². The zero-order valence-electron chi connectivity index (χ0n) is 10.1. The summed E-state index contributed by atoms with van der Waals surface area (Å²) in [7, 11) is -0.261. The lowest BCUT2D eigenvalue weighted by Crippen LogP contribution is -2.13. The van der Waals surface area contributed by atoms with Gasteiger partial charge in [0.05, 0.1) is 6.61 Å². The van der Waals surface area contributed by atoms with E-state index in [9.17, 15) is 9.36 Å². The normalized spacial score (nSPS) is 12.0. The van der Waals surface area contributed by atoms with Crippen molar-refractivity contribution in [2.75, 3.05) is 6.61 Å². The summed E-state index contributed by atoms with van der Waals surface area (Å²) in [5.41, 5.74) is 0. The van der Waals surface area contributed by atoms with Crippen LogP contribution in [0, 0.1) is 11.3 Å². The summed E-state index contributed by atoms with van der Waals surface area (Å²) in [6, 6.07) is 1.95. The Morgan fingerprint density at radius 1 is 1.29 bits per heavy atom. The van der Waals surface area contributed by atoms with Gasteiger partial charge in [-0.1, -0.05) is 19.3 Å². The second kappa shape index (κ2) is 11.5. The van der Waals surface area contributed by atoms with Gasteiger partial charge in [-0.15, -0.1) is 0 Å². The molecule has 0 aliphatic heterocycles. The highest BCUT2D eigenvalue weighted by Gasteiger charge is 2.09. The number of carbonyl (C=O) groups is 1. The minimum atomic E-state index is -0.616. The first kappa shape index (κ1) is 16.0. The maximum atomic E-state index is 10.6. The number of nitriles is 1. The Kier molecular flexibility index (Phi) is 10.8. The number of carbonyl (C=O) groups excluding carboxylic acids is 1. The molecule has 0 bridgehead atoms. The van der Waals surface area contributed by atoms with Crippen LogP contribution in [0.15, 0.2) is 0 Å². The zero-order chi connectivity index (χ0) is 12.9. The molecule has 0 radical (unpaired) electrons. The number of unbranched alkanes of at least 4 members (excludes halogenated alkanes) is 4. The first-order chi connectivity index (χ1) is 8.20. The number of ether oxygens (including phenoxy) is 1. The smallest absolute Gasteiger partial charge is 0.327 e. The molecule has 0 amide bonds. The van der Waals surface area contributed by atoms with Gasteiger partial charge in [0.15, 0.2) is 6.10 Å². The topological polar surface area (TPSA) is 76.4 Å². The van der Waals surface area contributed by atoms with Crippen LogP contribution in [-0.2, 0) is 18.6 Å². The highest BCUT2D eigenvalue weighted by atomic mass is 31.1. The Morgan fingerprint density at radius 3 is 2.53 bits per heavy atom. The number of hydrogen-bond donors (Lipinski definition) is 0. The predicted molar refractivity (Wildman–Crippen MR) is 62.4 cm³/mol. The van der Waals surface area contributed by atoms with E-state index in [4.69, 9.17) is 10.00 Å². The minimum Gasteiger partial charge on any atom is -0.447 e. The molecule has 6 heteroatoms. The monoisotopic (exact) mass is 259 g/mol. The van der Waals surface area contributed by atoms with Gasteiger partial charge in [0.1, 0.15) is 6.07 Å². The molecule has 0 saturated carbocycles. The molecule has 0 aromatic heterocycles. The fourth-order valence-electron chi connectivity index (χ4n) is 1.41. The molecule has 0 rings (SSSR count). The van der Waals surface area contributed by atoms with E-state index in [1.165, 1.54) is 6.92 Å². The molecule has 0 aromatic rings.